The van der Waals surface area contributed by atoms with Crippen molar-refractivity contribution in [3.05, 3.63) is 45.4 Å². The van der Waals surface area contributed by atoms with E-state index < -0.39 is 0 Å². The van der Waals surface area contributed by atoms with Crippen LogP contribution in [0.1, 0.15) is 17.4 Å². The molecule has 1 N–H and O–H groups in total. The lowest BCUT2D eigenvalue weighted by molar-refractivity contribution is 0.591. The minimum atomic E-state index is -0.00364. The molecule has 0 spiro atoms. The molecule has 0 radical (unpaired) electrons. The smallest absolute Gasteiger partial charge is 0.148 e. The van der Waals surface area contributed by atoms with E-state index in [1.54, 1.807) is 11.0 Å². The summed E-state index contributed by atoms with van der Waals surface area (Å²) in [7, 11) is 3.76. The standard InChI is InChI=1S/C11H12BrClN4/c1-14-10(11-15-6-16-17(11)2)7-3-4-9(13)8(12)5-7/h3-6,10,14H,1-2H3. The summed E-state index contributed by atoms with van der Waals surface area (Å²) in [6, 6.07) is 5.82. The Morgan fingerprint density at radius 2 is 2.24 bits per heavy atom. The Hall–Kier alpha value is -0.910. The molecule has 17 heavy (non-hydrogen) atoms. The van der Waals surface area contributed by atoms with Crippen molar-refractivity contribution in [1.29, 1.82) is 0 Å². The van der Waals surface area contributed by atoms with Crippen LogP contribution in [0.2, 0.25) is 5.02 Å². The molecular weight excluding hydrogens is 304 g/mol. The van der Waals surface area contributed by atoms with E-state index in [9.17, 15) is 0 Å². The molecule has 2 aromatic rings. The number of nitrogens with zero attached hydrogens (tertiary/aromatic N) is 3. The molecule has 0 saturated heterocycles. The Morgan fingerprint density at radius 3 is 2.76 bits per heavy atom. The van der Waals surface area contributed by atoms with E-state index in [4.69, 9.17) is 11.6 Å². The second kappa shape index (κ2) is 5.16. The first kappa shape index (κ1) is 12.5. The van der Waals surface area contributed by atoms with Crippen LogP contribution in [0, 0.1) is 0 Å². The molecule has 90 valence electrons. The Bertz CT molecular complexity index is 526. The third-order valence-corrected chi connectivity index (χ3v) is 3.78. The summed E-state index contributed by atoms with van der Waals surface area (Å²) in [5.74, 6) is 0.863. The quantitative estimate of drug-likeness (QED) is 0.946. The predicted molar refractivity (Wildman–Crippen MR) is 71.1 cm³/mol. The highest BCUT2D eigenvalue weighted by Gasteiger charge is 2.17. The van der Waals surface area contributed by atoms with E-state index in [1.807, 2.05) is 32.3 Å². The van der Waals surface area contributed by atoms with Gasteiger partial charge in [-0.15, -0.1) is 0 Å². The minimum Gasteiger partial charge on any atom is -0.307 e. The molecule has 2 rings (SSSR count). The molecule has 1 heterocycles. The highest BCUT2D eigenvalue weighted by molar-refractivity contribution is 9.10. The van der Waals surface area contributed by atoms with Crippen LogP contribution in [0.25, 0.3) is 0 Å². The summed E-state index contributed by atoms with van der Waals surface area (Å²) in [6.07, 6.45) is 1.55. The first-order chi connectivity index (χ1) is 8.13. The summed E-state index contributed by atoms with van der Waals surface area (Å²) in [5.41, 5.74) is 1.08. The minimum absolute atomic E-state index is 0.00364. The van der Waals surface area contributed by atoms with Crippen molar-refractivity contribution >= 4 is 27.5 Å². The molecule has 0 aliphatic heterocycles. The SMILES string of the molecule is CNC(c1ccc(Cl)c(Br)c1)c1ncnn1C. The predicted octanol–water partition coefficient (Wildman–Crippen LogP) is 2.54. The van der Waals surface area contributed by atoms with E-state index >= 15 is 0 Å². The molecule has 6 heteroatoms. The van der Waals surface area contributed by atoms with Crippen LogP contribution < -0.4 is 5.32 Å². The number of nitrogens with one attached hydrogen (secondary N) is 1. The highest BCUT2D eigenvalue weighted by Crippen LogP contribution is 2.28. The lowest BCUT2D eigenvalue weighted by Crippen LogP contribution is -2.21. The zero-order valence-electron chi connectivity index (χ0n) is 9.48. The Balaban J connectivity index is 2.42. The summed E-state index contributed by atoms with van der Waals surface area (Å²) in [6.45, 7) is 0. The Morgan fingerprint density at radius 1 is 1.47 bits per heavy atom. The first-order valence-electron chi connectivity index (χ1n) is 5.09. The van der Waals surface area contributed by atoms with Crippen molar-refractivity contribution in [3.8, 4) is 0 Å². The van der Waals surface area contributed by atoms with Gasteiger partial charge in [0.1, 0.15) is 12.2 Å². The van der Waals surface area contributed by atoms with Gasteiger partial charge in [0.05, 0.1) is 11.1 Å². The van der Waals surface area contributed by atoms with Crippen LogP contribution in [0.4, 0.5) is 0 Å². The highest BCUT2D eigenvalue weighted by atomic mass is 79.9. The largest absolute Gasteiger partial charge is 0.307 e. The molecule has 1 aromatic heterocycles. The number of hydrogen-bond acceptors (Lipinski definition) is 3. The fourth-order valence-electron chi connectivity index (χ4n) is 1.70. The number of benzene rings is 1. The molecule has 0 aliphatic rings. The molecule has 0 fully saturated rings. The lowest BCUT2D eigenvalue weighted by atomic mass is 10.1. The molecule has 1 atom stereocenters. The number of aryl methyl sites for hydroxylation is 1. The number of hydrogen-bond donors (Lipinski definition) is 1. The molecule has 0 amide bonds. The molecular formula is C11H12BrClN4. The topological polar surface area (TPSA) is 42.7 Å². The van der Waals surface area contributed by atoms with Gasteiger partial charge in [-0.1, -0.05) is 17.7 Å². The normalized spacial score (nSPS) is 12.7. The van der Waals surface area contributed by atoms with E-state index in [1.165, 1.54) is 0 Å². The fourth-order valence-corrected chi connectivity index (χ4v) is 2.22. The van der Waals surface area contributed by atoms with E-state index in [2.05, 4.69) is 31.3 Å². The number of rotatable bonds is 3. The van der Waals surface area contributed by atoms with Crippen LogP contribution in [0.15, 0.2) is 29.0 Å². The molecule has 0 aliphatic carbocycles. The lowest BCUT2D eigenvalue weighted by Gasteiger charge is -2.16. The van der Waals surface area contributed by atoms with Gasteiger partial charge in [-0.05, 0) is 40.7 Å². The molecule has 0 saturated carbocycles. The van der Waals surface area contributed by atoms with Gasteiger partial charge in [-0.3, -0.25) is 4.68 Å². The van der Waals surface area contributed by atoms with E-state index in [0.29, 0.717) is 5.02 Å². The van der Waals surface area contributed by atoms with Gasteiger partial charge in [-0.2, -0.15) is 5.10 Å². The van der Waals surface area contributed by atoms with Crippen molar-refractivity contribution in [2.75, 3.05) is 7.05 Å². The monoisotopic (exact) mass is 314 g/mol. The van der Waals surface area contributed by atoms with Crippen molar-refractivity contribution in [2.45, 2.75) is 6.04 Å². The van der Waals surface area contributed by atoms with Gasteiger partial charge in [0.2, 0.25) is 0 Å². The second-order valence-electron chi connectivity index (χ2n) is 3.64. The average molecular weight is 316 g/mol. The summed E-state index contributed by atoms with van der Waals surface area (Å²) < 4.78 is 2.63. The van der Waals surface area contributed by atoms with Crippen LogP contribution in [0.3, 0.4) is 0 Å². The fraction of sp³-hybridized carbons (Fsp3) is 0.273. The van der Waals surface area contributed by atoms with Gasteiger partial charge < -0.3 is 5.32 Å². The van der Waals surface area contributed by atoms with Gasteiger partial charge in [0.25, 0.3) is 0 Å². The van der Waals surface area contributed by atoms with Gasteiger partial charge in [-0.25, -0.2) is 4.98 Å². The van der Waals surface area contributed by atoms with Gasteiger partial charge in [0, 0.05) is 11.5 Å². The van der Waals surface area contributed by atoms with Crippen molar-refractivity contribution in [2.24, 2.45) is 7.05 Å². The Kier molecular flexibility index (Phi) is 3.81. The van der Waals surface area contributed by atoms with Gasteiger partial charge >= 0.3 is 0 Å². The van der Waals surface area contributed by atoms with Crippen LogP contribution in [-0.2, 0) is 7.05 Å². The van der Waals surface area contributed by atoms with Crippen molar-refractivity contribution in [3.63, 3.8) is 0 Å². The summed E-state index contributed by atoms with van der Waals surface area (Å²) >= 11 is 9.41. The average Bonchev–Trinajstić information content (AvgIpc) is 2.71. The van der Waals surface area contributed by atoms with Crippen LogP contribution in [0.5, 0.6) is 0 Å². The van der Waals surface area contributed by atoms with Crippen molar-refractivity contribution < 1.29 is 0 Å². The summed E-state index contributed by atoms with van der Waals surface area (Å²) in [5, 5.41) is 8.00. The molecule has 4 nitrogen and oxygen atoms in total. The number of halogens is 2. The number of aromatic nitrogens is 3. The molecule has 0 bridgehead atoms. The summed E-state index contributed by atoms with van der Waals surface area (Å²) in [4.78, 5) is 4.26. The molecule has 1 aromatic carbocycles. The van der Waals surface area contributed by atoms with Gasteiger partial charge in [0.15, 0.2) is 0 Å². The maximum absolute atomic E-state index is 5.98. The maximum Gasteiger partial charge on any atom is 0.148 e. The van der Waals surface area contributed by atoms with E-state index in [-0.39, 0.29) is 6.04 Å². The first-order valence-corrected chi connectivity index (χ1v) is 6.26. The zero-order valence-corrected chi connectivity index (χ0v) is 11.8. The third-order valence-electron chi connectivity index (χ3n) is 2.57. The second-order valence-corrected chi connectivity index (χ2v) is 4.90. The molecule has 1 unspecified atom stereocenters. The maximum atomic E-state index is 5.98. The van der Waals surface area contributed by atoms with E-state index in [0.717, 1.165) is 15.9 Å². The van der Waals surface area contributed by atoms with Crippen LogP contribution >= 0.6 is 27.5 Å². The van der Waals surface area contributed by atoms with Crippen LogP contribution in [-0.4, -0.2) is 21.8 Å². The van der Waals surface area contributed by atoms with Crippen molar-refractivity contribution in [1.82, 2.24) is 20.1 Å². The Labute approximate surface area is 113 Å². The third kappa shape index (κ3) is 2.51. The zero-order chi connectivity index (χ0) is 12.4.